The Kier molecular flexibility index (Phi) is 7.10. The SMILES string of the molecule is CC(=O)c1c(C)cc(C)c(COC(=O)C2CCCN(C(=O)Nc3ccccc3)C2)c1C. The number of piperidine rings is 1. The van der Waals surface area contributed by atoms with Crippen LogP contribution < -0.4 is 5.32 Å². The summed E-state index contributed by atoms with van der Waals surface area (Å²) < 4.78 is 5.64. The van der Waals surface area contributed by atoms with E-state index in [0.29, 0.717) is 25.1 Å². The summed E-state index contributed by atoms with van der Waals surface area (Å²) in [6, 6.07) is 11.0. The van der Waals surface area contributed by atoms with Crippen LogP contribution in [0.5, 0.6) is 0 Å². The third-order valence-corrected chi connectivity index (χ3v) is 5.91. The van der Waals surface area contributed by atoms with E-state index in [9.17, 15) is 14.4 Å². The first kappa shape index (κ1) is 22.5. The lowest BCUT2D eigenvalue weighted by molar-refractivity contribution is -0.151. The summed E-state index contributed by atoms with van der Waals surface area (Å²) in [5.41, 5.74) is 5.09. The molecule has 3 rings (SSSR count). The second kappa shape index (κ2) is 9.77. The summed E-state index contributed by atoms with van der Waals surface area (Å²) in [7, 11) is 0. The first-order chi connectivity index (χ1) is 14.8. The fraction of sp³-hybridized carbons (Fsp3) is 0.400. The predicted octanol–water partition coefficient (Wildman–Crippen LogP) is 4.80. The molecule has 0 aliphatic carbocycles. The Labute approximate surface area is 183 Å². The normalized spacial score (nSPS) is 16.0. The molecule has 1 saturated heterocycles. The molecule has 1 aliphatic heterocycles. The molecule has 1 heterocycles. The number of ketones is 1. The average Bonchev–Trinajstić information content (AvgIpc) is 2.73. The lowest BCUT2D eigenvalue weighted by Gasteiger charge is -2.31. The summed E-state index contributed by atoms with van der Waals surface area (Å²) in [6.45, 7) is 8.41. The van der Waals surface area contributed by atoms with Gasteiger partial charge in [-0.15, -0.1) is 0 Å². The number of likely N-dealkylation sites (tertiary alicyclic amines) is 1. The van der Waals surface area contributed by atoms with E-state index >= 15 is 0 Å². The minimum Gasteiger partial charge on any atom is -0.461 e. The highest BCUT2D eigenvalue weighted by Crippen LogP contribution is 2.25. The Morgan fingerprint density at radius 3 is 2.48 bits per heavy atom. The maximum Gasteiger partial charge on any atom is 0.321 e. The van der Waals surface area contributed by atoms with Crippen molar-refractivity contribution in [1.29, 1.82) is 0 Å². The van der Waals surface area contributed by atoms with Crippen molar-refractivity contribution >= 4 is 23.5 Å². The van der Waals surface area contributed by atoms with Gasteiger partial charge >= 0.3 is 12.0 Å². The molecule has 6 nitrogen and oxygen atoms in total. The number of amides is 2. The molecule has 0 bridgehead atoms. The van der Waals surface area contributed by atoms with Gasteiger partial charge in [-0.25, -0.2) is 4.79 Å². The van der Waals surface area contributed by atoms with Crippen molar-refractivity contribution in [1.82, 2.24) is 4.90 Å². The van der Waals surface area contributed by atoms with E-state index < -0.39 is 0 Å². The number of ether oxygens (including phenoxy) is 1. The van der Waals surface area contributed by atoms with Gasteiger partial charge in [0.25, 0.3) is 0 Å². The number of anilines is 1. The van der Waals surface area contributed by atoms with Crippen molar-refractivity contribution in [2.75, 3.05) is 18.4 Å². The lowest BCUT2D eigenvalue weighted by atomic mass is 9.92. The summed E-state index contributed by atoms with van der Waals surface area (Å²) >= 11 is 0. The van der Waals surface area contributed by atoms with Crippen LogP contribution >= 0.6 is 0 Å². The van der Waals surface area contributed by atoms with E-state index in [2.05, 4.69) is 5.32 Å². The van der Waals surface area contributed by atoms with Gasteiger partial charge in [0, 0.05) is 24.3 Å². The zero-order chi connectivity index (χ0) is 22.5. The molecule has 1 unspecified atom stereocenters. The number of hydrogen-bond donors (Lipinski definition) is 1. The minimum absolute atomic E-state index is 0.00919. The molecule has 1 fully saturated rings. The summed E-state index contributed by atoms with van der Waals surface area (Å²) in [5.74, 6) is -0.649. The molecule has 2 aromatic rings. The number of urea groups is 1. The second-order valence-corrected chi connectivity index (χ2v) is 8.23. The maximum atomic E-state index is 12.8. The quantitative estimate of drug-likeness (QED) is 0.555. The Hall–Kier alpha value is -3.15. The standard InChI is InChI=1S/C25H30N2O4/c1-16-13-17(2)23(19(4)28)18(3)22(16)15-31-24(29)20-9-8-12-27(14-20)25(30)26-21-10-6-5-7-11-21/h5-7,10-11,13,20H,8-9,12,14-15H2,1-4H3,(H,26,30). The number of hydrogen-bond acceptors (Lipinski definition) is 4. The summed E-state index contributed by atoms with van der Waals surface area (Å²) in [6.07, 6.45) is 1.44. The Morgan fingerprint density at radius 2 is 1.81 bits per heavy atom. The molecule has 31 heavy (non-hydrogen) atoms. The van der Waals surface area contributed by atoms with Crippen LogP contribution in [0.4, 0.5) is 10.5 Å². The number of benzene rings is 2. The topological polar surface area (TPSA) is 75.7 Å². The van der Waals surface area contributed by atoms with E-state index in [1.54, 1.807) is 11.8 Å². The van der Waals surface area contributed by atoms with E-state index in [1.165, 1.54) is 0 Å². The Bertz CT molecular complexity index is 985. The largest absolute Gasteiger partial charge is 0.461 e. The smallest absolute Gasteiger partial charge is 0.321 e. The van der Waals surface area contributed by atoms with Crippen molar-refractivity contribution < 1.29 is 19.1 Å². The Morgan fingerprint density at radius 1 is 1.10 bits per heavy atom. The summed E-state index contributed by atoms with van der Waals surface area (Å²) in [4.78, 5) is 39.0. The first-order valence-corrected chi connectivity index (χ1v) is 10.7. The van der Waals surface area contributed by atoms with Crippen molar-refractivity contribution in [2.24, 2.45) is 5.92 Å². The number of para-hydroxylation sites is 1. The molecule has 1 atom stereocenters. The van der Waals surface area contributed by atoms with Crippen LogP contribution in [0.3, 0.4) is 0 Å². The number of aryl methyl sites for hydroxylation is 2. The lowest BCUT2D eigenvalue weighted by Crippen LogP contribution is -2.44. The van der Waals surface area contributed by atoms with E-state index in [-0.39, 0.29) is 30.3 Å². The van der Waals surface area contributed by atoms with Gasteiger partial charge in [-0.05, 0) is 74.9 Å². The maximum absolute atomic E-state index is 12.8. The molecule has 1 aliphatic rings. The van der Waals surface area contributed by atoms with Crippen LogP contribution in [0, 0.1) is 26.7 Å². The van der Waals surface area contributed by atoms with Crippen LogP contribution in [0.25, 0.3) is 0 Å². The van der Waals surface area contributed by atoms with Gasteiger partial charge in [-0.2, -0.15) is 0 Å². The van der Waals surface area contributed by atoms with Gasteiger partial charge in [-0.1, -0.05) is 24.3 Å². The van der Waals surface area contributed by atoms with Gasteiger partial charge in [0.2, 0.25) is 0 Å². The average molecular weight is 423 g/mol. The van der Waals surface area contributed by atoms with E-state index in [4.69, 9.17) is 4.74 Å². The molecule has 0 radical (unpaired) electrons. The van der Waals surface area contributed by atoms with E-state index in [1.807, 2.05) is 57.2 Å². The van der Waals surface area contributed by atoms with Crippen LogP contribution in [0.2, 0.25) is 0 Å². The fourth-order valence-corrected chi connectivity index (χ4v) is 4.33. The predicted molar refractivity (Wildman–Crippen MR) is 120 cm³/mol. The van der Waals surface area contributed by atoms with Gasteiger partial charge in [0.05, 0.1) is 5.92 Å². The van der Waals surface area contributed by atoms with Crippen LogP contribution in [-0.2, 0) is 16.1 Å². The minimum atomic E-state index is -0.353. The molecule has 2 amide bonds. The van der Waals surface area contributed by atoms with Crippen molar-refractivity contribution in [2.45, 2.75) is 47.1 Å². The van der Waals surface area contributed by atoms with E-state index in [0.717, 1.165) is 34.4 Å². The highest BCUT2D eigenvalue weighted by molar-refractivity contribution is 5.97. The Balaban J connectivity index is 1.63. The zero-order valence-electron chi connectivity index (χ0n) is 18.7. The van der Waals surface area contributed by atoms with Gasteiger partial charge in [0.15, 0.2) is 5.78 Å². The molecule has 1 N–H and O–H groups in total. The number of rotatable bonds is 5. The number of nitrogens with zero attached hydrogens (tertiary/aromatic N) is 1. The number of carbonyl (C=O) groups is 3. The van der Waals surface area contributed by atoms with Crippen LogP contribution in [-0.4, -0.2) is 35.8 Å². The number of carbonyl (C=O) groups excluding carboxylic acids is 3. The second-order valence-electron chi connectivity index (χ2n) is 8.23. The van der Waals surface area contributed by atoms with Crippen LogP contribution in [0.15, 0.2) is 36.4 Å². The van der Waals surface area contributed by atoms with Crippen molar-refractivity contribution in [3.8, 4) is 0 Å². The van der Waals surface area contributed by atoms with Crippen LogP contribution in [0.1, 0.15) is 52.4 Å². The van der Waals surface area contributed by atoms with Gasteiger partial charge < -0.3 is 15.0 Å². The highest BCUT2D eigenvalue weighted by atomic mass is 16.5. The van der Waals surface area contributed by atoms with Gasteiger partial charge in [-0.3, -0.25) is 9.59 Å². The fourth-order valence-electron chi connectivity index (χ4n) is 4.33. The third-order valence-electron chi connectivity index (χ3n) is 5.91. The molecule has 0 spiro atoms. The highest BCUT2D eigenvalue weighted by Gasteiger charge is 2.30. The molecular weight excluding hydrogens is 392 g/mol. The molecular formula is C25H30N2O4. The zero-order valence-corrected chi connectivity index (χ0v) is 18.7. The molecule has 164 valence electrons. The molecule has 2 aromatic carbocycles. The van der Waals surface area contributed by atoms with Gasteiger partial charge in [0.1, 0.15) is 6.61 Å². The van der Waals surface area contributed by atoms with Crippen molar-refractivity contribution in [3.05, 3.63) is 64.2 Å². The first-order valence-electron chi connectivity index (χ1n) is 10.7. The summed E-state index contributed by atoms with van der Waals surface area (Å²) in [5, 5.41) is 2.87. The molecule has 0 saturated carbocycles. The third kappa shape index (κ3) is 5.32. The van der Waals surface area contributed by atoms with Crippen molar-refractivity contribution in [3.63, 3.8) is 0 Å². The number of esters is 1. The number of nitrogens with one attached hydrogen (secondary N) is 1. The molecule has 0 aromatic heterocycles. The molecule has 6 heteroatoms. The monoisotopic (exact) mass is 422 g/mol. The number of Topliss-reactive ketones (excluding diaryl/α,β-unsaturated/α-hetero) is 1.